The van der Waals surface area contributed by atoms with E-state index in [2.05, 4.69) is 25.4 Å². The molecule has 2 aliphatic carbocycles. The standard InChI is InChI=1S/C29H26FN7O.C25H23F3N6O/c1-35-28(38)25-26(31-20-7-3-2-4-8-20)36(34-27(25)37-23-11-5-10-22(23)33-29(35)37)17-18-13-15-19(16-14-18)21-9-6-12-24(30)32-21;1-32-23(35)20-21(29-17-6-3-2-4-7-17)33(14-15-10-12-16(13-11-15)25(26,27)28)31-22(20)34-19-9-5-8-18(19)30-24(32)34/h2-4,6-9,12-16,22-23,31H,5,10-11,17H2,1H3;2-4,6-7,10-13,18-19,29H,5,8-9,14H2,1H3/t22-,23+;18-,19+/m11/s1. The third-order valence-corrected chi connectivity index (χ3v) is 14.5. The van der Waals surface area contributed by atoms with Gasteiger partial charge in [0.1, 0.15) is 22.8 Å². The van der Waals surface area contributed by atoms with Gasteiger partial charge in [-0.25, -0.2) is 24.3 Å². The Kier molecular flexibility index (Phi) is 11.3. The molecule has 4 aromatic carbocycles. The number of aromatic nitrogens is 5. The highest BCUT2D eigenvalue weighted by Crippen LogP contribution is 2.45. The lowest BCUT2D eigenvalue weighted by molar-refractivity contribution is -0.137. The first kappa shape index (κ1) is 45.8. The number of rotatable bonds is 9. The molecule has 7 heterocycles. The van der Waals surface area contributed by atoms with Crippen LogP contribution < -0.4 is 20.4 Å². The van der Waals surface area contributed by atoms with Crippen LogP contribution in [0.4, 0.5) is 52.2 Å². The lowest BCUT2D eigenvalue weighted by Crippen LogP contribution is -2.51. The van der Waals surface area contributed by atoms with E-state index >= 15 is 0 Å². The van der Waals surface area contributed by atoms with Crippen molar-refractivity contribution in [2.24, 2.45) is 9.98 Å². The molecule has 0 bridgehead atoms. The summed E-state index contributed by atoms with van der Waals surface area (Å²) in [6.45, 7) is 0.649. The number of carbonyl (C=O) groups excluding carboxylic acids is 2. The number of aliphatic imine (C=N–C) groups is 2. The Balaban J connectivity index is 0.000000149. The fourth-order valence-corrected chi connectivity index (χ4v) is 10.9. The molecular weight excluding hydrogens is 939 g/mol. The molecule has 0 saturated heterocycles. The highest BCUT2D eigenvalue weighted by Gasteiger charge is 2.51. The SMILES string of the molecule is CN1C(=O)c2c(nn(Cc3ccc(-c4cccc(F)n4)cc3)c2Nc2ccccc2)N2C1=N[C@@H]1CCC[C@@H]12.CN1C(=O)c2c(nn(Cc3ccc(C(F)(F)F)cc3)c2Nc2ccccc2)N2C1=N[C@@H]1CCC[C@@H]12. The van der Waals surface area contributed by atoms with Gasteiger partial charge in [0.25, 0.3) is 11.8 Å². The molecule has 2 amide bonds. The maximum absolute atomic E-state index is 13.7. The van der Waals surface area contributed by atoms with Crippen molar-refractivity contribution in [3.63, 3.8) is 0 Å². The van der Waals surface area contributed by atoms with Crippen molar-refractivity contribution >= 4 is 58.4 Å². The van der Waals surface area contributed by atoms with Gasteiger partial charge in [-0.05, 0) is 98.2 Å². The number of anilines is 6. The molecule has 7 aromatic rings. The molecule has 73 heavy (non-hydrogen) atoms. The zero-order valence-electron chi connectivity index (χ0n) is 39.8. The Morgan fingerprint density at radius 2 is 1.04 bits per heavy atom. The number of amides is 2. The molecule has 370 valence electrons. The second-order valence-corrected chi connectivity index (χ2v) is 19.1. The summed E-state index contributed by atoms with van der Waals surface area (Å²) >= 11 is 0. The number of carbonyl (C=O) groups is 2. The van der Waals surface area contributed by atoms with Crippen molar-refractivity contribution in [3.8, 4) is 11.3 Å². The van der Waals surface area contributed by atoms with Gasteiger partial charge >= 0.3 is 6.18 Å². The molecule has 3 aromatic heterocycles. The van der Waals surface area contributed by atoms with Crippen LogP contribution >= 0.6 is 0 Å². The van der Waals surface area contributed by atoms with Gasteiger partial charge in [0.2, 0.25) is 17.9 Å². The first-order valence-electron chi connectivity index (χ1n) is 24.4. The van der Waals surface area contributed by atoms with Crippen molar-refractivity contribution in [1.29, 1.82) is 0 Å². The van der Waals surface area contributed by atoms with Gasteiger partial charge in [-0.2, -0.15) is 27.8 Å². The summed E-state index contributed by atoms with van der Waals surface area (Å²) < 4.78 is 56.2. The second-order valence-electron chi connectivity index (χ2n) is 19.1. The lowest BCUT2D eigenvalue weighted by Gasteiger charge is -2.34. The number of benzene rings is 4. The largest absolute Gasteiger partial charge is 0.416 e. The first-order chi connectivity index (χ1) is 35.4. The molecule has 6 aliphatic rings. The third kappa shape index (κ3) is 8.21. The molecule has 0 radical (unpaired) electrons. The van der Waals surface area contributed by atoms with Crippen LogP contribution in [0.15, 0.2) is 137 Å². The zero-order chi connectivity index (χ0) is 50.1. The molecule has 2 saturated carbocycles. The highest BCUT2D eigenvalue weighted by molar-refractivity contribution is 6.22. The van der Waals surface area contributed by atoms with E-state index in [1.807, 2.05) is 89.6 Å². The molecule has 0 unspecified atom stereocenters. The van der Waals surface area contributed by atoms with E-state index in [0.29, 0.717) is 64.1 Å². The number of halogens is 4. The van der Waals surface area contributed by atoms with E-state index < -0.39 is 17.7 Å². The summed E-state index contributed by atoms with van der Waals surface area (Å²) in [6.07, 6.45) is 1.79. The quantitative estimate of drug-likeness (QED) is 0.107. The minimum absolute atomic E-state index is 0.118. The van der Waals surface area contributed by atoms with E-state index in [9.17, 15) is 27.2 Å². The Morgan fingerprint density at radius 1 is 0.575 bits per heavy atom. The molecule has 15 nitrogen and oxygen atoms in total. The molecule has 13 rings (SSSR count). The first-order valence-corrected chi connectivity index (χ1v) is 24.4. The van der Waals surface area contributed by atoms with Gasteiger partial charge in [0, 0.05) is 31.0 Å². The second kappa shape index (κ2) is 18.0. The summed E-state index contributed by atoms with van der Waals surface area (Å²) in [5.41, 5.74) is 5.00. The fraction of sp³-hybridized carbons (Fsp3) is 0.278. The van der Waals surface area contributed by atoms with E-state index in [1.165, 1.54) is 18.2 Å². The molecule has 4 atom stereocenters. The Morgan fingerprint density at radius 3 is 1.49 bits per heavy atom. The third-order valence-electron chi connectivity index (χ3n) is 14.5. The number of hydrogen-bond acceptors (Lipinski definition) is 11. The Labute approximate surface area is 417 Å². The normalized spacial score (nSPS) is 20.4. The number of nitrogens with zero attached hydrogens (tertiary/aromatic N) is 11. The van der Waals surface area contributed by atoms with E-state index in [4.69, 9.17) is 20.2 Å². The minimum Gasteiger partial charge on any atom is -0.340 e. The number of alkyl halides is 3. The molecule has 2 fully saturated rings. The summed E-state index contributed by atoms with van der Waals surface area (Å²) in [5, 5.41) is 16.6. The van der Waals surface area contributed by atoms with Crippen LogP contribution in [0, 0.1) is 5.95 Å². The molecule has 4 aliphatic heterocycles. The van der Waals surface area contributed by atoms with Crippen LogP contribution in [0.2, 0.25) is 0 Å². The van der Waals surface area contributed by atoms with Gasteiger partial charge < -0.3 is 10.6 Å². The fourth-order valence-electron chi connectivity index (χ4n) is 10.9. The van der Waals surface area contributed by atoms with E-state index in [1.54, 1.807) is 40.7 Å². The monoisotopic (exact) mass is 987 g/mol. The average molecular weight is 988 g/mol. The zero-order valence-corrected chi connectivity index (χ0v) is 39.8. The molecule has 2 N–H and O–H groups in total. The summed E-state index contributed by atoms with van der Waals surface area (Å²) in [7, 11) is 3.51. The van der Waals surface area contributed by atoms with Crippen molar-refractivity contribution in [2.75, 3.05) is 34.5 Å². The number of fused-ring (bicyclic) bond motifs is 10. The maximum atomic E-state index is 13.7. The van der Waals surface area contributed by atoms with Gasteiger partial charge in [-0.3, -0.25) is 29.2 Å². The predicted molar refractivity (Wildman–Crippen MR) is 270 cm³/mol. The summed E-state index contributed by atoms with van der Waals surface area (Å²) in [6, 6.07) is 37.6. The van der Waals surface area contributed by atoms with Crippen molar-refractivity contribution in [3.05, 3.63) is 161 Å². The van der Waals surface area contributed by atoms with Crippen LogP contribution in [-0.2, 0) is 19.3 Å². The van der Waals surface area contributed by atoms with E-state index in [-0.39, 0.29) is 42.5 Å². The molecule has 19 heteroatoms. The number of nitrogens with one attached hydrogen (secondary N) is 2. The smallest absolute Gasteiger partial charge is 0.340 e. The van der Waals surface area contributed by atoms with Crippen molar-refractivity contribution in [2.45, 2.75) is 82.0 Å². The van der Waals surface area contributed by atoms with Crippen molar-refractivity contribution in [1.82, 2.24) is 34.3 Å². The van der Waals surface area contributed by atoms with Crippen LogP contribution in [0.3, 0.4) is 0 Å². The number of guanidine groups is 2. The maximum Gasteiger partial charge on any atom is 0.416 e. The van der Waals surface area contributed by atoms with Gasteiger partial charge in [0.15, 0.2) is 11.6 Å². The number of hydrogen-bond donors (Lipinski definition) is 2. The van der Waals surface area contributed by atoms with Gasteiger partial charge in [-0.15, -0.1) is 0 Å². The topological polar surface area (TPSA) is 144 Å². The summed E-state index contributed by atoms with van der Waals surface area (Å²) in [4.78, 5) is 48.3. The Hall–Kier alpha value is -8.35. The highest BCUT2D eigenvalue weighted by atomic mass is 19.4. The number of pyridine rings is 1. The van der Waals surface area contributed by atoms with Crippen LogP contribution in [-0.4, -0.2) is 96.3 Å². The average Bonchev–Trinajstić information content (AvgIpc) is 4.26. The lowest BCUT2D eigenvalue weighted by atomic mass is 10.1. The predicted octanol–water partition coefficient (Wildman–Crippen LogP) is 9.94. The van der Waals surface area contributed by atoms with Gasteiger partial charge in [-0.1, -0.05) is 78.9 Å². The Bertz CT molecular complexity index is 3320. The molecular formula is C54H49F4N13O2. The summed E-state index contributed by atoms with van der Waals surface area (Å²) in [5.74, 6) is 2.84. The number of para-hydroxylation sites is 2. The van der Waals surface area contributed by atoms with Crippen LogP contribution in [0.25, 0.3) is 11.3 Å². The van der Waals surface area contributed by atoms with Crippen LogP contribution in [0.5, 0.6) is 0 Å². The van der Waals surface area contributed by atoms with Crippen molar-refractivity contribution < 1.29 is 27.2 Å². The van der Waals surface area contributed by atoms with Crippen LogP contribution in [0.1, 0.15) is 75.9 Å². The van der Waals surface area contributed by atoms with Gasteiger partial charge in [0.05, 0.1) is 48.5 Å². The minimum atomic E-state index is -4.40. The molecule has 0 spiro atoms. The van der Waals surface area contributed by atoms with E-state index in [0.717, 1.165) is 73.2 Å².